The fraction of sp³-hybridized carbons (Fsp3) is 0.458. The Morgan fingerprint density at radius 2 is 2.06 bits per heavy atom. The van der Waals surface area contributed by atoms with Crippen molar-refractivity contribution in [1.29, 1.82) is 0 Å². The molecule has 2 saturated heterocycles. The van der Waals surface area contributed by atoms with E-state index >= 15 is 0 Å². The minimum atomic E-state index is -0.854. The fourth-order valence-corrected chi connectivity index (χ4v) is 5.58. The second kappa shape index (κ2) is 8.32. The second-order valence-electron chi connectivity index (χ2n) is 9.15. The third-order valence-corrected chi connectivity index (χ3v) is 7.67. The summed E-state index contributed by atoms with van der Waals surface area (Å²) < 4.78 is 7.17. The van der Waals surface area contributed by atoms with Gasteiger partial charge in [-0.25, -0.2) is 0 Å². The van der Waals surface area contributed by atoms with E-state index in [1.165, 1.54) is 15.8 Å². The fourth-order valence-electron chi connectivity index (χ4n) is 5.38. The molecule has 3 atom stereocenters. The number of amides is 2. The highest BCUT2D eigenvalue weighted by atomic mass is 35.5. The molecule has 2 fully saturated rings. The molecule has 3 aliphatic rings. The van der Waals surface area contributed by atoms with E-state index in [9.17, 15) is 19.5 Å². The summed E-state index contributed by atoms with van der Waals surface area (Å²) in [6, 6.07) is 5.44. The molecule has 180 valence electrons. The molecule has 0 aliphatic carbocycles. The van der Waals surface area contributed by atoms with Crippen molar-refractivity contribution >= 4 is 23.4 Å². The number of ether oxygens (including phenoxy) is 1. The highest BCUT2D eigenvalue weighted by molar-refractivity contribution is 6.31. The molecule has 1 N–H and O–H groups in total. The van der Waals surface area contributed by atoms with Gasteiger partial charge in [0, 0.05) is 37.3 Å². The van der Waals surface area contributed by atoms with E-state index < -0.39 is 23.0 Å². The zero-order chi connectivity index (χ0) is 24.3. The Hall–Kier alpha value is -3.04. The van der Waals surface area contributed by atoms with Crippen LogP contribution in [-0.4, -0.2) is 70.4 Å². The van der Waals surface area contributed by atoms with Crippen molar-refractivity contribution in [2.24, 2.45) is 5.92 Å². The highest BCUT2D eigenvalue weighted by Gasteiger charge is 2.52. The number of hydrogen-bond acceptors (Lipinski definition) is 6. The van der Waals surface area contributed by atoms with Gasteiger partial charge in [0.05, 0.1) is 19.3 Å². The molecule has 9 nitrogen and oxygen atoms in total. The number of aromatic nitrogens is 1. The van der Waals surface area contributed by atoms with Crippen LogP contribution in [0.15, 0.2) is 29.2 Å². The van der Waals surface area contributed by atoms with Gasteiger partial charge < -0.3 is 19.6 Å². The van der Waals surface area contributed by atoms with E-state index in [0.717, 1.165) is 17.5 Å². The van der Waals surface area contributed by atoms with Crippen molar-refractivity contribution in [3.8, 4) is 5.75 Å². The molecule has 2 aromatic rings. The zero-order valence-corrected chi connectivity index (χ0v) is 20.1. The average Bonchev–Trinajstić information content (AvgIpc) is 3.40. The lowest BCUT2D eigenvalue weighted by atomic mass is 10.0. The molecule has 1 aromatic carbocycles. The summed E-state index contributed by atoms with van der Waals surface area (Å²) in [5, 5.41) is 13.4. The van der Waals surface area contributed by atoms with Crippen LogP contribution in [-0.2, 0) is 11.3 Å². The standard InChI is InChI=1S/C24H27ClN4O5/c1-4-27-19-8-15-11-34-12-18(15)29(19)28-10-16(21(30)22(31)20(28)24(27)33)23(32)26(3)9-14-6-5-7-17(25)13(14)2/h5-7,10,15,18-19,31H,4,8-9,11-12H2,1-3H3/t15-,18+,19+/m1/s1. The quantitative estimate of drug-likeness (QED) is 0.709. The van der Waals surface area contributed by atoms with Crippen LogP contribution in [0.4, 0.5) is 0 Å². The predicted octanol–water partition coefficient (Wildman–Crippen LogP) is 1.95. The van der Waals surface area contributed by atoms with Crippen molar-refractivity contribution in [1.82, 2.24) is 14.5 Å². The number of nitrogens with zero attached hydrogens (tertiary/aromatic N) is 4. The maximum Gasteiger partial charge on any atom is 0.278 e. The summed E-state index contributed by atoms with van der Waals surface area (Å²) in [7, 11) is 1.59. The van der Waals surface area contributed by atoms with Gasteiger partial charge in [0.15, 0.2) is 11.4 Å². The molecule has 5 rings (SSSR count). The van der Waals surface area contributed by atoms with Crippen LogP contribution in [0, 0.1) is 12.8 Å². The minimum absolute atomic E-state index is 0.0115. The molecule has 0 saturated carbocycles. The molecule has 0 spiro atoms. The number of hydrogen-bond donors (Lipinski definition) is 1. The molecule has 0 bridgehead atoms. The van der Waals surface area contributed by atoms with E-state index in [1.54, 1.807) is 24.1 Å². The predicted molar refractivity (Wildman–Crippen MR) is 126 cm³/mol. The molecule has 0 radical (unpaired) electrons. The van der Waals surface area contributed by atoms with Crippen LogP contribution in [0.25, 0.3) is 0 Å². The molecule has 3 aliphatic heterocycles. The van der Waals surface area contributed by atoms with Crippen molar-refractivity contribution in [3.05, 3.63) is 62.0 Å². The Morgan fingerprint density at radius 3 is 2.79 bits per heavy atom. The lowest BCUT2D eigenvalue weighted by Crippen LogP contribution is -2.61. The molecule has 0 unspecified atom stereocenters. The van der Waals surface area contributed by atoms with E-state index in [2.05, 4.69) is 0 Å². The summed E-state index contributed by atoms with van der Waals surface area (Å²) in [6.45, 7) is 5.50. The van der Waals surface area contributed by atoms with E-state index in [4.69, 9.17) is 16.3 Å². The number of rotatable bonds is 4. The number of carbonyl (C=O) groups excluding carboxylic acids is 2. The average molecular weight is 487 g/mol. The Morgan fingerprint density at radius 1 is 1.29 bits per heavy atom. The molecular formula is C24H27ClN4O5. The first-order chi connectivity index (χ1) is 16.2. The number of carbonyl (C=O) groups is 2. The second-order valence-corrected chi connectivity index (χ2v) is 9.56. The van der Waals surface area contributed by atoms with Gasteiger partial charge in [0.25, 0.3) is 11.8 Å². The lowest BCUT2D eigenvalue weighted by molar-refractivity contribution is 0.0566. The molecule has 1 aromatic heterocycles. The third kappa shape index (κ3) is 3.29. The van der Waals surface area contributed by atoms with E-state index in [-0.39, 0.29) is 35.9 Å². The normalized spacial score (nSPS) is 23.1. The van der Waals surface area contributed by atoms with Gasteiger partial charge in [-0.2, -0.15) is 0 Å². The van der Waals surface area contributed by atoms with Crippen LogP contribution < -0.4 is 10.4 Å². The number of aromatic hydroxyl groups is 1. The maximum atomic E-state index is 13.4. The first-order valence-electron chi connectivity index (χ1n) is 11.4. The Kier molecular flexibility index (Phi) is 5.56. The van der Waals surface area contributed by atoms with Crippen LogP contribution in [0.3, 0.4) is 0 Å². The first kappa shape index (κ1) is 22.7. The van der Waals surface area contributed by atoms with Gasteiger partial charge in [0.1, 0.15) is 11.7 Å². The van der Waals surface area contributed by atoms with Crippen molar-refractivity contribution < 1.29 is 19.4 Å². The number of halogens is 1. The molecular weight excluding hydrogens is 460 g/mol. The highest BCUT2D eigenvalue weighted by Crippen LogP contribution is 2.39. The molecule has 2 amide bonds. The Balaban J connectivity index is 1.56. The summed E-state index contributed by atoms with van der Waals surface area (Å²) in [5.74, 6) is -1.44. The minimum Gasteiger partial charge on any atom is -0.502 e. The number of benzene rings is 1. The summed E-state index contributed by atoms with van der Waals surface area (Å²) in [6.07, 6.45) is 1.91. The van der Waals surface area contributed by atoms with Gasteiger partial charge in [-0.1, -0.05) is 23.7 Å². The van der Waals surface area contributed by atoms with E-state index in [0.29, 0.717) is 24.8 Å². The van der Waals surface area contributed by atoms with Gasteiger partial charge >= 0.3 is 0 Å². The monoisotopic (exact) mass is 486 g/mol. The van der Waals surface area contributed by atoms with Crippen LogP contribution in [0.1, 0.15) is 45.3 Å². The third-order valence-electron chi connectivity index (χ3n) is 7.27. The largest absolute Gasteiger partial charge is 0.502 e. The topological polar surface area (TPSA) is 95.3 Å². The van der Waals surface area contributed by atoms with Gasteiger partial charge in [-0.3, -0.25) is 24.1 Å². The molecule has 34 heavy (non-hydrogen) atoms. The summed E-state index contributed by atoms with van der Waals surface area (Å²) in [4.78, 5) is 42.8. The smallest absolute Gasteiger partial charge is 0.278 e. The van der Waals surface area contributed by atoms with Crippen LogP contribution in [0.2, 0.25) is 5.02 Å². The first-order valence-corrected chi connectivity index (χ1v) is 11.8. The summed E-state index contributed by atoms with van der Waals surface area (Å²) >= 11 is 6.21. The van der Waals surface area contributed by atoms with Gasteiger partial charge in [-0.15, -0.1) is 0 Å². The summed E-state index contributed by atoms with van der Waals surface area (Å²) in [5.41, 5.74) is 0.547. The van der Waals surface area contributed by atoms with Gasteiger partial charge in [-0.05, 0) is 37.5 Å². The van der Waals surface area contributed by atoms with Crippen LogP contribution in [0.5, 0.6) is 5.75 Å². The number of pyridine rings is 1. The van der Waals surface area contributed by atoms with Crippen molar-refractivity contribution in [2.75, 3.05) is 31.8 Å². The molecule has 4 heterocycles. The van der Waals surface area contributed by atoms with Crippen molar-refractivity contribution in [3.63, 3.8) is 0 Å². The molecule has 10 heteroatoms. The lowest BCUT2D eigenvalue weighted by Gasteiger charge is -2.44. The Bertz CT molecular complexity index is 1240. The van der Waals surface area contributed by atoms with Crippen molar-refractivity contribution in [2.45, 2.75) is 39.0 Å². The number of fused-ring (bicyclic) bond motifs is 5. The maximum absolute atomic E-state index is 13.4. The van der Waals surface area contributed by atoms with Crippen LogP contribution >= 0.6 is 11.6 Å². The van der Waals surface area contributed by atoms with Gasteiger partial charge in [0.2, 0.25) is 5.43 Å². The zero-order valence-electron chi connectivity index (χ0n) is 19.3. The Labute approximate surface area is 202 Å². The SMILES string of the molecule is CCN1C(=O)c2c(O)c(=O)c(C(=O)N(C)Cc3cccc(Cl)c3C)cn2N2[C@H]3COC[C@H]3C[C@@H]12. The van der Waals surface area contributed by atoms with E-state index in [1.807, 2.05) is 24.9 Å².